The first kappa shape index (κ1) is 27.0. The lowest BCUT2D eigenvalue weighted by Gasteiger charge is -2.12. The first-order valence-corrected chi connectivity index (χ1v) is 15.8. The van der Waals surface area contributed by atoms with Gasteiger partial charge in [-0.1, -0.05) is 158 Å². The van der Waals surface area contributed by atoms with Gasteiger partial charge in [0.05, 0.1) is 11.0 Å². The van der Waals surface area contributed by atoms with E-state index in [-0.39, 0.29) is 0 Å². The Hall–Kier alpha value is -6.39. The Morgan fingerprint density at radius 2 is 0.872 bits per heavy atom. The largest absolute Gasteiger partial charge is 0.278 e. The summed E-state index contributed by atoms with van der Waals surface area (Å²) in [5.74, 6) is 1.85. The lowest BCUT2D eigenvalue weighted by molar-refractivity contribution is 0.953. The fourth-order valence-electron chi connectivity index (χ4n) is 6.58. The second kappa shape index (κ2) is 11.2. The molecule has 0 unspecified atom stereocenters. The highest BCUT2D eigenvalue weighted by Gasteiger charge is 2.19. The molecule has 47 heavy (non-hydrogen) atoms. The summed E-state index contributed by atoms with van der Waals surface area (Å²) < 4.78 is 2.19. The smallest absolute Gasteiger partial charge is 0.238 e. The lowest BCUT2D eigenvalue weighted by atomic mass is 9.97. The molecule has 0 atom stereocenters. The Morgan fingerprint density at radius 1 is 0.340 bits per heavy atom. The van der Waals surface area contributed by atoms with Crippen molar-refractivity contribution in [3.05, 3.63) is 170 Å². The van der Waals surface area contributed by atoms with Crippen LogP contribution in [0.2, 0.25) is 0 Å². The van der Waals surface area contributed by atoms with Crippen LogP contribution in [-0.2, 0) is 0 Å². The van der Waals surface area contributed by atoms with E-state index in [0.717, 1.165) is 44.1 Å². The summed E-state index contributed by atoms with van der Waals surface area (Å²) >= 11 is 0. The van der Waals surface area contributed by atoms with E-state index < -0.39 is 0 Å². The van der Waals surface area contributed by atoms with Crippen molar-refractivity contribution in [2.45, 2.75) is 0 Å². The number of para-hydroxylation sites is 1. The summed E-state index contributed by atoms with van der Waals surface area (Å²) in [6.45, 7) is 0. The molecule has 0 aliphatic carbocycles. The molecule has 0 spiro atoms. The topological polar surface area (TPSA) is 43.6 Å². The quantitative estimate of drug-likeness (QED) is 0.197. The zero-order valence-electron chi connectivity index (χ0n) is 25.5. The number of nitrogens with zero attached hydrogens (tertiary/aromatic N) is 4. The van der Waals surface area contributed by atoms with E-state index in [2.05, 4.69) is 138 Å². The summed E-state index contributed by atoms with van der Waals surface area (Å²) in [5, 5.41) is 4.76. The van der Waals surface area contributed by atoms with E-state index in [4.69, 9.17) is 15.0 Å². The maximum absolute atomic E-state index is 5.17. The van der Waals surface area contributed by atoms with Crippen molar-refractivity contribution < 1.29 is 0 Å². The maximum atomic E-state index is 5.17. The number of aromatic nitrogens is 4. The Bertz CT molecular complexity index is 2550. The minimum atomic E-state index is 0.585. The van der Waals surface area contributed by atoms with E-state index in [1.165, 1.54) is 21.9 Å². The van der Waals surface area contributed by atoms with Crippen LogP contribution < -0.4 is 0 Å². The van der Waals surface area contributed by atoms with Gasteiger partial charge in [-0.3, -0.25) is 4.57 Å². The molecule has 2 aromatic heterocycles. The third kappa shape index (κ3) is 4.75. The van der Waals surface area contributed by atoms with Crippen LogP contribution in [0.25, 0.3) is 83.6 Å². The Balaban J connectivity index is 1.28. The second-order valence-corrected chi connectivity index (χ2v) is 11.7. The highest BCUT2D eigenvalue weighted by Crippen LogP contribution is 2.37. The van der Waals surface area contributed by atoms with Crippen LogP contribution in [-0.4, -0.2) is 19.5 Å². The molecule has 0 bridgehead atoms. The van der Waals surface area contributed by atoms with Gasteiger partial charge in [-0.2, -0.15) is 9.97 Å². The number of hydrogen-bond acceptors (Lipinski definition) is 3. The predicted molar refractivity (Wildman–Crippen MR) is 193 cm³/mol. The lowest BCUT2D eigenvalue weighted by Crippen LogP contribution is -2.06. The molecule has 4 nitrogen and oxygen atoms in total. The monoisotopic (exact) mass is 600 g/mol. The fraction of sp³-hybridized carbons (Fsp3) is 0. The molecule has 0 saturated heterocycles. The van der Waals surface area contributed by atoms with Crippen LogP contribution in [0.5, 0.6) is 0 Å². The van der Waals surface area contributed by atoms with E-state index in [0.29, 0.717) is 17.6 Å². The van der Waals surface area contributed by atoms with Crippen LogP contribution in [0.1, 0.15) is 0 Å². The molecule has 0 radical (unpaired) electrons. The van der Waals surface area contributed by atoms with Crippen molar-refractivity contribution in [2.24, 2.45) is 0 Å². The Kier molecular flexibility index (Phi) is 6.43. The van der Waals surface area contributed by atoms with Crippen LogP contribution in [0.3, 0.4) is 0 Å². The van der Waals surface area contributed by atoms with E-state index in [1.54, 1.807) is 0 Å². The van der Waals surface area contributed by atoms with Crippen molar-refractivity contribution >= 4 is 32.6 Å². The number of benzene rings is 7. The zero-order valence-corrected chi connectivity index (χ0v) is 25.5. The Labute approximate surface area is 272 Å². The molecule has 0 saturated carbocycles. The first-order valence-electron chi connectivity index (χ1n) is 15.8. The van der Waals surface area contributed by atoms with Gasteiger partial charge in [0.1, 0.15) is 0 Å². The highest BCUT2D eigenvalue weighted by molar-refractivity contribution is 6.10. The molecular formula is C43H28N4. The summed E-state index contributed by atoms with van der Waals surface area (Å²) in [7, 11) is 0. The van der Waals surface area contributed by atoms with Crippen molar-refractivity contribution in [1.82, 2.24) is 19.5 Å². The van der Waals surface area contributed by atoms with Crippen molar-refractivity contribution in [3.63, 3.8) is 0 Å². The number of fused-ring (bicyclic) bond motifs is 4. The fourth-order valence-corrected chi connectivity index (χ4v) is 6.58. The van der Waals surface area contributed by atoms with Gasteiger partial charge in [0.15, 0.2) is 11.6 Å². The van der Waals surface area contributed by atoms with Gasteiger partial charge in [0, 0.05) is 21.9 Å². The molecule has 4 heteroatoms. The Morgan fingerprint density at radius 3 is 1.64 bits per heavy atom. The van der Waals surface area contributed by atoms with Crippen LogP contribution >= 0.6 is 0 Å². The summed E-state index contributed by atoms with van der Waals surface area (Å²) in [6.07, 6.45) is 0. The SMILES string of the molecule is c1ccc(-c2ccc(-c3nc(-c4ccccc4)nc(-n4c5ccccc5c5ccc(-c6cccc7ccccc67)cc54)n3)cc2)cc1. The van der Waals surface area contributed by atoms with Gasteiger partial charge >= 0.3 is 0 Å². The van der Waals surface area contributed by atoms with Crippen LogP contribution in [0.15, 0.2) is 170 Å². The van der Waals surface area contributed by atoms with Gasteiger partial charge in [0.2, 0.25) is 5.95 Å². The molecule has 2 heterocycles. The molecule has 0 aliphatic rings. The van der Waals surface area contributed by atoms with Gasteiger partial charge in [-0.05, 0) is 45.2 Å². The van der Waals surface area contributed by atoms with E-state index in [1.807, 2.05) is 36.4 Å². The van der Waals surface area contributed by atoms with Crippen molar-refractivity contribution in [3.8, 4) is 51.0 Å². The second-order valence-electron chi connectivity index (χ2n) is 11.7. The van der Waals surface area contributed by atoms with Gasteiger partial charge in [0.25, 0.3) is 0 Å². The average molecular weight is 601 g/mol. The van der Waals surface area contributed by atoms with Gasteiger partial charge in [-0.15, -0.1) is 0 Å². The summed E-state index contributed by atoms with van der Waals surface area (Å²) in [5.41, 5.74) is 8.63. The molecule has 0 fully saturated rings. The highest BCUT2D eigenvalue weighted by atomic mass is 15.2. The third-order valence-electron chi connectivity index (χ3n) is 8.88. The van der Waals surface area contributed by atoms with Crippen LogP contribution in [0, 0.1) is 0 Å². The third-order valence-corrected chi connectivity index (χ3v) is 8.88. The molecule has 7 aromatic carbocycles. The van der Waals surface area contributed by atoms with Gasteiger partial charge in [-0.25, -0.2) is 4.98 Å². The molecule has 220 valence electrons. The normalized spacial score (nSPS) is 11.4. The minimum absolute atomic E-state index is 0.585. The van der Waals surface area contributed by atoms with Crippen molar-refractivity contribution in [1.29, 1.82) is 0 Å². The molecule has 0 amide bonds. The number of hydrogen-bond donors (Lipinski definition) is 0. The molecule has 0 aliphatic heterocycles. The van der Waals surface area contributed by atoms with Crippen molar-refractivity contribution in [2.75, 3.05) is 0 Å². The molecule has 9 rings (SSSR count). The summed E-state index contributed by atoms with van der Waals surface area (Å²) in [4.78, 5) is 15.3. The maximum Gasteiger partial charge on any atom is 0.238 e. The minimum Gasteiger partial charge on any atom is -0.278 e. The van der Waals surface area contributed by atoms with E-state index >= 15 is 0 Å². The molecule has 0 N–H and O–H groups in total. The average Bonchev–Trinajstić information content (AvgIpc) is 3.49. The van der Waals surface area contributed by atoms with Gasteiger partial charge < -0.3 is 0 Å². The standard InChI is InChI=1S/C43H28N4/c1-3-12-29(13-4-1)30-22-24-33(25-23-30)42-44-41(32-15-5-2-6-16-32)45-43(46-42)47-39-21-10-9-19-37(39)38-27-26-34(28-40(38)47)36-20-11-17-31-14-7-8-18-35(31)36/h1-28H. The zero-order chi connectivity index (χ0) is 31.2. The number of rotatable bonds is 5. The predicted octanol–water partition coefficient (Wildman–Crippen LogP) is 10.8. The summed E-state index contributed by atoms with van der Waals surface area (Å²) in [6, 6.07) is 59.3. The van der Waals surface area contributed by atoms with Crippen LogP contribution in [0.4, 0.5) is 0 Å². The molecular weight excluding hydrogens is 573 g/mol. The molecule has 9 aromatic rings. The first-order chi connectivity index (χ1) is 23.3. The van der Waals surface area contributed by atoms with E-state index in [9.17, 15) is 0 Å².